The number of hydrogen-bond donors (Lipinski definition) is 1. The van der Waals surface area contributed by atoms with Crippen molar-refractivity contribution in [3.05, 3.63) is 33.4 Å². The molecule has 2 aliphatic rings. The number of nitrogens with one attached hydrogen (secondary N) is 1. The van der Waals surface area contributed by atoms with E-state index in [9.17, 15) is 14.4 Å². The summed E-state index contributed by atoms with van der Waals surface area (Å²) in [6.45, 7) is 2.21. The topological polar surface area (TPSA) is 76.4 Å². The molecule has 0 bridgehead atoms. The summed E-state index contributed by atoms with van der Waals surface area (Å²) in [6.07, 6.45) is 6.47. The van der Waals surface area contributed by atoms with E-state index in [1.54, 1.807) is 0 Å². The van der Waals surface area contributed by atoms with E-state index in [2.05, 4.69) is 12.2 Å². The molecule has 112 valence electrons. The fourth-order valence-electron chi connectivity index (χ4n) is 3.18. The SMILES string of the molecule is CCC1(CCCc2cc(=O)oc3c2C(=O)NC(=O)C3)CC1. The zero-order valence-corrected chi connectivity index (χ0v) is 12.2. The minimum Gasteiger partial charge on any atom is -0.426 e. The number of rotatable bonds is 5. The van der Waals surface area contributed by atoms with Crippen molar-refractivity contribution in [2.45, 2.75) is 51.9 Å². The van der Waals surface area contributed by atoms with E-state index in [4.69, 9.17) is 4.42 Å². The van der Waals surface area contributed by atoms with Crippen molar-refractivity contribution in [3.63, 3.8) is 0 Å². The van der Waals surface area contributed by atoms with Crippen LogP contribution < -0.4 is 10.9 Å². The first-order chi connectivity index (χ1) is 10.0. The number of hydrogen-bond acceptors (Lipinski definition) is 4. The third-order valence-electron chi connectivity index (χ3n) is 4.78. The van der Waals surface area contributed by atoms with E-state index in [1.807, 2.05) is 0 Å². The van der Waals surface area contributed by atoms with Crippen LogP contribution in [-0.2, 0) is 17.6 Å². The van der Waals surface area contributed by atoms with Gasteiger partial charge < -0.3 is 4.42 Å². The van der Waals surface area contributed by atoms with Crippen molar-refractivity contribution in [2.75, 3.05) is 0 Å². The first-order valence-electron chi connectivity index (χ1n) is 7.53. The average Bonchev–Trinajstić information content (AvgIpc) is 3.17. The molecule has 1 fully saturated rings. The van der Waals surface area contributed by atoms with E-state index in [1.165, 1.54) is 25.3 Å². The Morgan fingerprint density at radius 3 is 2.71 bits per heavy atom. The molecule has 0 aromatic carbocycles. The van der Waals surface area contributed by atoms with E-state index >= 15 is 0 Å². The third-order valence-corrected chi connectivity index (χ3v) is 4.78. The molecule has 1 aromatic rings. The van der Waals surface area contributed by atoms with Gasteiger partial charge in [-0.25, -0.2) is 4.79 Å². The van der Waals surface area contributed by atoms with Crippen LogP contribution in [0.25, 0.3) is 0 Å². The molecule has 3 rings (SSSR count). The Balaban J connectivity index is 1.80. The predicted octanol–water partition coefficient (Wildman–Crippen LogP) is 1.97. The summed E-state index contributed by atoms with van der Waals surface area (Å²) in [5, 5.41) is 2.29. The molecule has 1 aliphatic carbocycles. The number of amides is 2. The fourth-order valence-corrected chi connectivity index (χ4v) is 3.18. The lowest BCUT2D eigenvalue weighted by molar-refractivity contribution is -0.120. The second-order valence-corrected chi connectivity index (χ2v) is 6.15. The maximum atomic E-state index is 12.0. The second kappa shape index (κ2) is 5.13. The molecule has 0 unspecified atom stereocenters. The molecular formula is C16H19NO4. The molecule has 0 spiro atoms. The number of imide groups is 1. The lowest BCUT2D eigenvalue weighted by atomic mass is 9.92. The standard InChI is InChI=1S/C16H19NO4/c1-2-16(6-7-16)5-3-4-10-8-13(19)21-11-9-12(18)17-15(20)14(10)11/h8H,2-7,9H2,1H3,(H,17,18,20). The van der Waals surface area contributed by atoms with Gasteiger partial charge in [0.2, 0.25) is 5.91 Å². The van der Waals surface area contributed by atoms with E-state index in [-0.39, 0.29) is 12.2 Å². The van der Waals surface area contributed by atoms with Crippen molar-refractivity contribution in [1.29, 1.82) is 0 Å². The highest BCUT2D eigenvalue weighted by Gasteiger charge is 2.39. The highest BCUT2D eigenvalue weighted by atomic mass is 16.4. The number of carbonyl (C=O) groups excluding carboxylic acids is 2. The first-order valence-corrected chi connectivity index (χ1v) is 7.53. The first kappa shape index (κ1) is 14.0. The normalized spacial score (nSPS) is 19.1. The van der Waals surface area contributed by atoms with Crippen LogP contribution in [0.2, 0.25) is 0 Å². The molecule has 1 saturated carbocycles. The Kier molecular flexibility index (Phi) is 3.43. The number of fused-ring (bicyclic) bond motifs is 1. The molecular weight excluding hydrogens is 270 g/mol. The van der Waals surface area contributed by atoms with Gasteiger partial charge in [0.25, 0.3) is 5.91 Å². The molecule has 0 atom stereocenters. The van der Waals surface area contributed by atoms with Crippen LogP contribution in [0, 0.1) is 5.41 Å². The molecule has 0 radical (unpaired) electrons. The predicted molar refractivity (Wildman–Crippen MR) is 76.1 cm³/mol. The van der Waals surface area contributed by atoms with Gasteiger partial charge >= 0.3 is 5.63 Å². The van der Waals surface area contributed by atoms with Gasteiger partial charge in [-0.1, -0.05) is 13.3 Å². The summed E-state index contributed by atoms with van der Waals surface area (Å²) >= 11 is 0. The van der Waals surface area contributed by atoms with Crippen molar-refractivity contribution in [3.8, 4) is 0 Å². The molecule has 1 aromatic heterocycles. The monoisotopic (exact) mass is 289 g/mol. The molecule has 1 N–H and O–H groups in total. The Morgan fingerprint density at radius 1 is 1.29 bits per heavy atom. The quantitative estimate of drug-likeness (QED) is 0.841. The zero-order chi connectivity index (χ0) is 15.0. The molecule has 0 saturated heterocycles. The minimum absolute atomic E-state index is 0.0386. The fraction of sp³-hybridized carbons (Fsp3) is 0.562. The van der Waals surface area contributed by atoms with Crippen LogP contribution in [-0.4, -0.2) is 11.8 Å². The van der Waals surface area contributed by atoms with Crippen LogP contribution >= 0.6 is 0 Å². The van der Waals surface area contributed by atoms with Crippen molar-refractivity contribution < 1.29 is 14.0 Å². The Bertz CT molecular complexity index is 655. The molecule has 2 heterocycles. The summed E-state index contributed by atoms with van der Waals surface area (Å²) in [5.41, 5.74) is 1.11. The van der Waals surface area contributed by atoms with Gasteiger partial charge in [0.05, 0.1) is 12.0 Å². The average molecular weight is 289 g/mol. The second-order valence-electron chi connectivity index (χ2n) is 6.15. The summed E-state index contributed by atoms with van der Waals surface area (Å²) in [7, 11) is 0. The maximum absolute atomic E-state index is 12.0. The van der Waals surface area contributed by atoms with Crippen LogP contribution in [0.4, 0.5) is 0 Å². The molecule has 1 aliphatic heterocycles. The lowest BCUT2D eigenvalue weighted by Gasteiger charge is -2.17. The Hall–Kier alpha value is -1.91. The van der Waals surface area contributed by atoms with Crippen molar-refractivity contribution >= 4 is 11.8 Å². The van der Waals surface area contributed by atoms with Gasteiger partial charge in [0.1, 0.15) is 5.76 Å². The summed E-state index contributed by atoms with van der Waals surface area (Å²) < 4.78 is 5.02. The van der Waals surface area contributed by atoms with Crippen molar-refractivity contribution in [1.82, 2.24) is 5.32 Å². The van der Waals surface area contributed by atoms with E-state index in [0.29, 0.717) is 23.0 Å². The number of carbonyl (C=O) groups is 2. The Morgan fingerprint density at radius 2 is 2.05 bits per heavy atom. The van der Waals surface area contributed by atoms with Gasteiger partial charge in [0.15, 0.2) is 0 Å². The van der Waals surface area contributed by atoms with Gasteiger partial charge in [-0.15, -0.1) is 0 Å². The summed E-state index contributed by atoms with van der Waals surface area (Å²) in [6, 6.07) is 1.39. The van der Waals surface area contributed by atoms with Crippen LogP contribution in [0.5, 0.6) is 0 Å². The van der Waals surface area contributed by atoms with Crippen LogP contribution in [0.3, 0.4) is 0 Å². The minimum atomic E-state index is -0.483. The largest absolute Gasteiger partial charge is 0.426 e. The molecule has 5 nitrogen and oxygen atoms in total. The smallest absolute Gasteiger partial charge is 0.336 e. The van der Waals surface area contributed by atoms with Crippen molar-refractivity contribution in [2.24, 2.45) is 5.41 Å². The van der Waals surface area contributed by atoms with Gasteiger partial charge in [-0.3, -0.25) is 14.9 Å². The maximum Gasteiger partial charge on any atom is 0.336 e. The highest BCUT2D eigenvalue weighted by molar-refractivity contribution is 6.09. The lowest BCUT2D eigenvalue weighted by Crippen LogP contribution is -2.38. The molecule has 5 heteroatoms. The van der Waals surface area contributed by atoms with E-state index < -0.39 is 17.4 Å². The zero-order valence-electron chi connectivity index (χ0n) is 12.2. The van der Waals surface area contributed by atoms with Gasteiger partial charge in [-0.05, 0) is 43.1 Å². The van der Waals surface area contributed by atoms with Crippen LogP contribution in [0.15, 0.2) is 15.3 Å². The highest BCUT2D eigenvalue weighted by Crippen LogP contribution is 2.52. The van der Waals surface area contributed by atoms with E-state index in [0.717, 1.165) is 12.8 Å². The summed E-state index contributed by atoms with van der Waals surface area (Å²) in [4.78, 5) is 34.9. The van der Waals surface area contributed by atoms with Crippen LogP contribution in [0.1, 0.15) is 60.7 Å². The summed E-state index contributed by atoms with van der Waals surface area (Å²) in [5.74, 6) is -0.657. The number of aryl methyl sites for hydroxylation is 1. The third kappa shape index (κ3) is 2.77. The molecule has 2 amide bonds. The Labute approximate surface area is 122 Å². The van der Waals surface area contributed by atoms with Gasteiger partial charge in [0, 0.05) is 6.07 Å². The van der Waals surface area contributed by atoms with Gasteiger partial charge in [-0.2, -0.15) is 0 Å². The molecule has 21 heavy (non-hydrogen) atoms.